The summed E-state index contributed by atoms with van der Waals surface area (Å²) in [6.07, 6.45) is 2.02. The lowest BCUT2D eigenvalue weighted by Gasteiger charge is -2.33. The lowest BCUT2D eigenvalue weighted by molar-refractivity contribution is -0.143. The Kier molecular flexibility index (Phi) is 3.85. The molecule has 2 rings (SSSR count). The number of carbonyl (C=O) groups is 2. The van der Waals surface area contributed by atoms with E-state index in [9.17, 15) is 9.59 Å². The summed E-state index contributed by atoms with van der Waals surface area (Å²) in [6, 6.07) is 0. The summed E-state index contributed by atoms with van der Waals surface area (Å²) in [5, 5.41) is 9.15. The van der Waals surface area contributed by atoms with Crippen LogP contribution in [0.5, 0.6) is 0 Å². The standard InChI is InChI=1S/C14H23NO4/c1-4-19-9-6-5-7-15(8-9)12(16)10-11(13(17)18)14(10,2)3/h9-11H,4-8H2,1-3H3,(H,17,18). The fourth-order valence-corrected chi connectivity index (χ4v) is 3.27. The van der Waals surface area contributed by atoms with Crippen molar-refractivity contribution >= 4 is 11.9 Å². The number of carbonyl (C=O) groups excluding carboxylic acids is 1. The van der Waals surface area contributed by atoms with Gasteiger partial charge in [0.25, 0.3) is 0 Å². The van der Waals surface area contributed by atoms with Crippen molar-refractivity contribution in [2.45, 2.75) is 39.7 Å². The molecule has 3 atom stereocenters. The van der Waals surface area contributed by atoms with Crippen molar-refractivity contribution in [3.8, 4) is 0 Å². The summed E-state index contributed by atoms with van der Waals surface area (Å²) in [6.45, 7) is 7.65. The summed E-state index contributed by atoms with van der Waals surface area (Å²) < 4.78 is 5.58. The summed E-state index contributed by atoms with van der Waals surface area (Å²) in [5.74, 6) is -1.78. The second-order valence-electron chi connectivity index (χ2n) is 6.12. The second-order valence-corrected chi connectivity index (χ2v) is 6.12. The van der Waals surface area contributed by atoms with E-state index in [0.717, 1.165) is 19.4 Å². The van der Waals surface area contributed by atoms with Gasteiger partial charge in [-0.2, -0.15) is 0 Å². The van der Waals surface area contributed by atoms with E-state index in [4.69, 9.17) is 9.84 Å². The van der Waals surface area contributed by atoms with Gasteiger partial charge in [-0.05, 0) is 25.2 Å². The first-order chi connectivity index (χ1) is 8.89. The van der Waals surface area contributed by atoms with Crippen molar-refractivity contribution in [1.29, 1.82) is 0 Å². The van der Waals surface area contributed by atoms with Gasteiger partial charge in [0.2, 0.25) is 5.91 Å². The number of amides is 1. The third-order valence-corrected chi connectivity index (χ3v) is 4.45. The maximum atomic E-state index is 12.4. The number of ether oxygens (including phenoxy) is 1. The predicted octanol–water partition coefficient (Wildman–Crippen LogP) is 1.37. The monoisotopic (exact) mass is 269 g/mol. The van der Waals surface area contributed by atoms with Crippen LogP contribution in [0.2, 0.25) is 0 Å². The molecular formula is C14H23NO4. The molecule has 1 heterocycles. The van der Waals surface area contributed by atoms with Crippen LogP contribution in [0.15, 0.2) is 0 Å². The Labute approximate surface area is 113 Å². The first-order valence-corrected chi connectivity index (χ1v) is 7.02. The van der Waals surface area contributed by atoms with Crippen LogP contribution in [-0.2, 0) is 14.3 Å². The van der Waals surface area contributed by atoms with Gasteiger partial charge in [-0.3, -0.25) is 9.59 Å². The Morgan fingerprint density at radius 2 is 2.05 bits per heavy atom. The first kappa shape index (κ1) is 14.3. The molecule has 1 N–H and O–H groups in total. The number of carboxylic acid groups (broad SMARTS) is 1. The molecule has 5 heteroatoms. The minimum Gasteiger partial charge on any atom is -0.481 e. The zero-order chi connectivity index (χ0) is 14.2. The Morgan fingerprint density at radius 3 is 2.58 bits per heavy atom. The van der Waals surface area contributed by atoms with E-state index in [-0.39, 0.29) is 17.9 Å². The number of aliphatic carboxylic acids is 1. The molecule has 0 bridgehead atoms. The van der Waals surface area contributed by atoms with Gasteiger partial charge in [-0.15, -0.1) is 0 Å². The van der Waals surface area contributed by atoms with Crippen molar-refractivity contribution in [1.82, 2.24) is 4.90 Å². The third kappa shape index (κ3) is 2.61. The van der Waals surface area contributed by atoms with Gasteiger partial charge >= 0.3 is 5.97 Å². The SMILES string of the molecule is CCOC1CCCN(C(=O)C2C(C(=O)O)C2(C)C)C1. The highest BCUT2D eigenvalue weighted by atomic mass is 16.5. The Morgan fingerprint density at radius 1 is 1.37 bits per heavy atom. The van der Waals surface area contributed by atoms with Gasteiger partial charge in [-0.25, -0.2) is 0 Å². The zero-order valence-corrected chi connectivity index (χ0v) is 11.9. The molecule has 5 nitrogen and oxygen atoms in total. The molecule has 1 aliphatic heterocycles. The minimum absolute atomic E-state index is 0.0122. The van der Waals surface area contributed by atoms with Gasteiger partial charge in [0, 0.05) is 19.7 Å². The van der Waals surface area contributed by atoms with Gasteiger partial charge in [0.05, 0.1) is 17.9 Å². The predicted molar refractivity (Wildman–Crippen MR) is 69.6 cm³/mol. The fraction of sp³-hybridized carbons (Fsp3) is 0.857. The fourth-order valence-electron chi connectivity index (χ4n) is 3.27. The maximum absolute atomic E-state index is 12.4. The molecule has 0 aromatic heterocycles. The summed E-state index contributed by atoms with van der Waals surface area (Å²) in [7, 11) is 0. The second kappa shape index (κ2) is 5.12. The minimum atomic E-state index is -0.860. The molecule has 0 aromatic carbocycles. The average Bonchev–Trinajstić information content (AvgIpc) is 2.92. The van der Waals surface area contributed by atoms with Crippen LogP contribution >= 0.6 is 0 Å². The molecule has 1 saturated heterocycles. The topological polar surface area (TPSA) is 66.8 Å². The van der Waals surface area contributed by atoms with Crippen LogP contribution in [0, 0.1) is 17.3 Å². The molecule has 1 saturated carbocycles. The molecule has 1 aliphatic carbocycles. The number of nitrogens with zero attached hydrogens (tertiary/aromatic N) is 1. The summed E-state index contributed by atoms with van der Waals surface area (Å²) in [4.78, 5) is 25.4. The molecule has 2 aliphatic rings. The van der Waals surface area contributed by atoms with Crippen LogP contribution in [-0.4, -0.2) is 47.7 Å². The van der Waals surface area contributed by atoms with Crippen molar-refractivity contribution in [3.63, 3.8) is 0 Å². The highest BCUT2D eigenvalue weighted by Crippen LogP contribution is 2.59. The quantitative estimate of drug-likeness (QED) is 0.837. The summed E-state index contributed by atoms with van der Waals surface area (Å²) >= 11 is 0. The van der Waals surface area contributed by atoms with E-state index in [1.807, 2.05) is 20.8 Å². The van der Waals surface area contributed by atoms with Crippen LogP contribution in [0.3, 0.4) is 0 Å². The lowest BCUT2D eigenvalue weighted by Crippen LogP contribution is -2.44. The molecule has 0 radical (unpaired) electrons. The number of rotatable bonds is 4. The molecule has 108 valence electrons. The summed E-state index contributed by atoms with van der Waals surface area (Å²) in [5.41, 5.74) is -0.415. The molecule has 1 amide bonds. The van der Waals surface area contributed by atoms with Crippen molar-refractivity contribution in [3.05, 3.63) is 0 Å². The highest BCUT2D eigenvalue weighted by molar-refractivity contribution is 5.91. The molecular weight excluding hydrogens is 246 g/mol. The van der Waals surface area contributed by atoms with E-state index < -0.39 is 17.3 Å². The smallest absolute Gasteiger partial charge is 0.307 e. The molecule has 19 heavy (non-hydrogen) atoms. The number of hydrogen-bond acceptors (Lipinski definition) is 3. The molecule has 0 aromatic rings. The average molecular weight is 269 g/mol. The first-order valence-electron chi connectivity index (χ1n) is 7.02. The Hall–Kier alpha value is -1.10. The number of piperidine rings is 1. The van der Waals surface area contributed by atoms with E-state index in [1.54, 1.807) is 4.90 Å². The Bertz CT molecular complexity index is 378. The van der Waals surface area contributed by atoms with Crippen molar-refractivity contribution in [2.24, 2.45) is 17.3 Å². The van der Waals surface area contributed by atoms with E-state index >= 15 is 0 Å². The van der Waals surface area contributed by atoms with Crippen molar-refractivity contribution in [2.75, 3.05) is 19.7 Å². The largest absolute Gasteiger partial charge is 0.481 e. The van der Waals surface area contributed by atoms with E-state index in [1.165, 1.54) is 0 Å². The van der Waals surface area contributed by atoms with Crippen molar-refractivity contribution < 1.29 is 19.4 Å². The number of likely N-dealkylation sites (tertiary alicyclic amines) is 1. The van der Waals surface area contributed by atoms with Gasteiger partial charge < -0.3 is 14.7 Å². The zero-order valence-electron chi connectivity index (χ0n) is 11.9. The van der Waals surface area contributed by atoms with Crippen LogP contribution < -0.4 is 0 Å². The van der Waals surface area contributed by atoms with Gasteiger partial charge in [0.15, 0.2) is 0 Å². The van der Waals surface area contributed by atoms with Gasteiger partial charge in [0.1, 0.15) is 0 Å². The number of hydrogen-bond donors (Lipinski definition) is 1. The normalized spacial score (nSPS) is 33.0. The number of carboxylic acids is 1. The molecule has 3 unspecified atom stereocenters. The van der Waals surface area contributed by atoms with Crippen LogP contribution in [0.25, 0.3) is 0 Å². The lowest BCUT2D eigenvalue weighted by atomic mass is 10.1. The van der Waals surface area contributed by atoms with Crippen LogP contribution in [0.1, 0.15) is 33.6 Å². The van der Waals surface area contributed by atoms with Crippen LogP contribution in [0.4, 0.5) is 0 Å². The van der Waals surface area contributed by atoms with Gasteiger partial charge in [-0.1, -0.05) is 13.8 Å². The molecule has 0 spiro atoms. The highest BCUT2D eigenvalue weighted by Gasteiger charge is 2.66. The third-order valence-electron chi connectivity index (χ3n) is 4.45. The van der Waals surface area contributed by atoms with E-state index in [0.29, 0.717) is 13.2 Å². The van der Waals surface area contributed by atoms with E-state index in [2.05, 4.69) is 0 Å². The maximum Gasteiger partial charge on any atom is 0.307 e. The molecule has 2 fully saturated rings. The Balaban J connectivity index is 1.99.